The summed E-state index contributed by atoms with van der Waals surface area (Å²) < 4.78 is 13.7. The van der Waals surface area contributed by atoms with Gasteiger partial charge in [-0.05, 0) is 31.5 Å². The first-order valence-corrected chi connectivity index (χ1v) is 7.35. The molecule has 1 unspecified atom stereocenters. The number of H-pyrrole nitrogens is 1. The van der Waals surface area contributed by atoms with E-state index in [0.29, 0.717) is 23.1 Å². The zero-order valence-electron chi connectivity index (χ0n) is 12.8. The van der Waals surface area contributed by atoms with Crippen LogP contribution in [-0.2, 0) is 0 Å². The summed E-state index contributed by atoms with van der Waals surface area (Å²) in [7, 11) is 0. The molecule has 3 rings (SSSR count). The van der Waals surface area contributed by atoms with Crippen LogP contribution in [0.2, 0.25) is 0 Å². The first kappa shape index (κ1) is 19.7. The van der Waals surface area contributed by atoms with Gasteiger partial charge in [0.15, 0.2) is 0 Å². The summed E-state index contributed by atoms with van der Waals surface area (Å²) in [6.45, 7) is 4.43. The summed E-state index contributed by atoms with van der Waals surface area (Å²) in [5, 5.41) is 3.27. The van der Waals surface area contributed by atoms with E-state index < -0.39 is 5.82 Å². The third-order valence-corrected chi connectivity index (χ3v) is 3.92. The minimum atomic E-state index is -0.420. The van der Waals surface area contributed by atoms with Crippen LogP contribution in [0.15, 0.2) is 18.5 Å². The molecule has 1 atom stereocenters. The van der Waals surface area contributed by atoms with Gasteiger partial charge in [-0.15, -0.1) is 24.8 Å². The maximum Gasteiger partial charge on any atom is 0.256 e. The number of hydrogen-bond donors (Lipinski definition) is 2. The van der Waals surface area contributed by atoms with Crippen LogP contribution in [0, 0.1) is 5.82 Å². The predicted octanol–water partition coefficient (Wildman–Crippen LogP) is 2.76. The Bertz CT molecular complexity index is 658. The van der Waals surface area contributed by atoms with Crippen molar-refractivity contribution in [3.63, 3.8) is 0 Å². The smallest absolute Gasteiger partial charge is 0.256 e. The second-order valence-corrected chi connectivity index (χ2v) is 5.40. The van der Waals surface area contributed by atoms with Crippen LogP contribution in [0.3, 0.4) is 0 Å². The Morgan fingerprint density at radius 2 is 2.22 bits per heavy atom. The summed E-state index contributed by atoms with van der Waals surface area (Å²) >= 11 is 0. The third-order valence-electron chi connectivity index (χ3n) is 3.92. The van der Waals surface area contributed by atoms with Crippen LogP contribution < -0.4 is 5.32 Å². The van der Waals surface area contributed by atoms with E-state index >= 15 is 0 Å². The monoisotopic (exact) mass is 362 g/mol. The number of amides is 1. The Morgan fingerprint density at radius 3 is 2.87 bits per heavy atom. The molecule has 1 fully saturated rings. The van der Waals surface area contributed by atoms with Gasteiger partial charge in [-0.2, -0.15) is 0 Å². The standard InChI is InChI=1S/C15H19FN4O.2ClH/c1-2-5-20(11-3-4-17-8-11)15(21)12-6-10(16)7-13-14(12)19-9-18-13;;/h6-7,9,11,17H,2-5,8H2,1H3,(H,18,19);2*1H. The lowest BCUT2D eigenvalue weighted by Gasteiger charge is -2.28. The van der Waals surface area contributed by atoms with Crippen molar-refractivity contribution in [1.29, 1.82) is 0 Å². The fourth-order valence-corrected chi connectivity index (χ4v) is 2.93. The van der Waals surface area contributed by atoms with Gasteiger partial charge in [-0.1, -0.05) is 6.92 Å². The fraction of sp³-hybridized carbons (Fsp3) is 0.467. The van der Waals surface area contributed by atoms with E-state index in [4.69, 9.17) is 0 Å². The number of carbonyl (C=O) groups excluding carboxylic acids is 1. The molecule has 0 aliphatic carbocycles. The van der Waals surface area contributed by atoms with Crippen molar-refractivity contribution in [3.05, 3.63) is 29.8 Å². The van der Waals surface area contributed by atoms with Crippen LogP contribution in [0.25, 0.3) is 11.0 Å². The Morgan fingerprint density at radius 1 is 1.43 bits per heavy atom. The average Bonchev–Trinajstić information content (AvgIpc) is 3.13. The molecule has 1 saturated heterocycles. The zero-order chi connectivity index (χ0) is 14.8. The van der Waals surface area contributed by atoms with Crippen molar-refractivity contribution in [2.75, 3.05) is 19.6 Å². The summed E-state index contributed by atoms with van der Waals surface area (Å²) in [5.41, 5.74) is 1.43. The number of aromatic amines is 1. The number of rotatable bonds is 4. The van der Waals surface area contributed by atoms with E-state index in [1.807, 2.05) is 11.8 Å². The number of carbonyl (C=O) groups is 1. The van der Waals surface area contributed by atoms with Crippen LogP contribution >= 0.6 is 24.8 Å². The van der Waals surface area contributed by atoms with E-state index in [1.54, 1.807) is 0 Å². The van der Waals surface area contributed by atoms with Crippen molar-refractivity contribution in [1.82, 2.24) is 20.2 Å². The summed E-state index contributed by atoms with van der Waals surface area (Å²) in [4.78, 5) is 21.7. The molecule has 1 amide bonds. The van der Waals surface area contributed by atoms with Gasteiger partial charge in [0.2, 0.25) is 0 Å². The number of halogens is 3. The maximum atomic E-state index is 13.7. The number of nitrogens with one attached hydrogen (secondary N) is 2. The molecular weight excluding hydrogens is 342 g/mol. The van der Waals surface area contributed by atoms with Gasteiger partial charge in [0.05, 0.1) is 17.4 Å². The lowest BCUT2D eigenvalue weighted by atomic mass is 10.1. The Balaban J connectivity index is 0.00000132. The van der Waals surface area contributed by atoms with E-state index in [2.05, 4.69) is 15.3 Å². The molecule has 1 aliphatic rings. The van der Waals surface area contributed by atoms with Crippen molar-refractivity contribution in [2.24, 2.45) is 0 Å². The summed E-state index contributed by atoms with van der Waals surface area (Å²) in [5.74, 6) is -0.557. The van der Waals surface area contributed by atoms with Crippen LogP contribution in [-0.4, -0.2) is 46.5 Å². The fourth-order valence-electron chi connectivity index (χ4n) is 2.93. The van der Waals surface area contributed by atoms with Crippen molar-refractivity contribution < 1.29 is 9.18 Å². The predicted molar refractivity (Wildman–Crippen MR) is 93.1 cm³/mol. The minimum Gasteiger partial charge on any atom is -0.344 e. The lowest BCUT2D eigenvalue weighted by Crippen LogP contribution is -2.42. The van der Waals surface area contributed by atoms with Gasteiger partial charge in [0.1, 0.15) is 11.3 Å². The van der Waals surface area contributed by atoms with E-state index in [1.165, 1.54) is 18.5 Å². The lowest BCUT2D eigenvalue weighted by molar-refractivity contribution is 0.0693. The topological polar surface area (TPSA) is 61.0 Å². The molecule has 0 spiro atoms. The third kappa shape index (κ3) is 3.94. The highest BCUT2D eigenvalue weighted by Crippen LogP contribution is 2.21. The van der Waals surface area contributed by atoms with E-state index in [0.717, 1.165) is 25.9 Å². The number of imidazole rings is 1. The quantitative estimate of drug-likeness (QED) is 0.878. The molecule has 5 nitrogen and oxygen atoms in total. The second kappa shape index (κ2) is 8.47. The molecule has 2 heterocycles. The molecule has 1 aromatic carbocycles. The van der Waals surface area contributed by atoms with E-state index in [-0.39, 0.29) is 36.8 Å². The summed E-state index contributed by atoms with van der Waals surface area (Å²) in [6, 6.07) is 2.83. The Kier molecular flexibility index (Phi) is 7.25. The molecule has 0 radical (unpaired) electrons. The van der Waals surface area contributed by atoms with Crippen LogP contribution in [0.4, 0.5) is 4.39 Å². The molecule has 23 heavy (non-hydrogen) atoms. The average molecular weight is 363 g/mol. The van der Waals surface area contributed by atoms with Gasteiger partial charge in [0.25, 0.3) is 5.91 Å². The molecule has 0 saturated carbocycles. The highest BCUT2D eigenvalue weighted by molar-refractivity contribution is 6.05. The second-order valence-electron chi connectivity index (χ2n) is 5.40. The highest BCUT2D eigenvalue weighted by atomic mass is 35.5. The molecular formula is C15H21Cl2FN4O. The summed E-state index contributed by atoms with van der Waals surface area (Å²) in [6.07, 6.45) is 3.30. The van der Waals surface area contributed by atoms with Crippen LogP contribution in [0.5, 0.6) is 0 Å². The number of benzene rings is 1. The van der Waals surface area contributed by atoms with Gasteiger partial charge in [-0.3, -0.25) is 4.79 Å². The number of aromatic nitrogens is 2. The van der Waals surface area contributed by atoms with E-state index in [9.17, 15) is 9.18 Å². The molecule has 1 aliphatic heterocycles. The number of nitrogens with zero attached hydrogens (tertiary/aromatic N) is 2. The zero-order valence-corrected chi connectivity index (χ0v) is 14.5. The highest BCUT2D eigenvalue weighted by Gasteiger charge is 2.28. The molecule has 128 valence electrons. The molecule has 2 aromatic rings. The van der Waals surface area contributed by atoms with Gasteiger partial charge >= 0.3 is 0 Å². The first-order chi connectivity index (χ1) is 10.2. The van der Waals surface area contributed by atoms with Crippen LogP contribution in [0.1, 0.15) is 30.1 Å². The Hall–Kier alpha value is -1.37. The number of fused-ring (bicyclic) bond motifs is 1. The van der Waals surface area contributed by atoms with Crippen molar-refractivity contribution >= 4 is 41.8 Å². The molecule has 2 N–H and O–H groups in total. The van der Waals surface area contributed by atoms with Crippen molar-refractivity contribution in [3.8, 4) is 0 Å². The normalized spacial score (nSPS) is 16.7. The minimum absolute atomic E-state index is 0. The number of hydrogen-bond acceptors (Lipinski definition) is 3. The molecule has 0 bridgehead atoms. The molecule has 1 aromatic heterocycles. The maximum absolute atomic E-state index is 13.7. The van der Waals surface area contributed by atoms with Gasteiger partial charge in [0, 0.05) is 19.1 Å². The Labute approximate surface area is 146 Å². The largest absolute Gasteiger partial charge is 0.344 e. The van der Waals surface area contributed by atoms with Crippen molar-refractivity contribution in [2.45, 2.75) is 25.8 Å². The van der Waals surface area contributed by atoms with Gasteiger partial charge < -0.3 is 15.2 Å². The molecule has 8 heteroatoms. The first-order valence-electron chi connectivity index (χ1n) is 7.35. The van der Waals surface area contributed by atoms with Gasteiger partial charge in [-0.25, -0.2) is 9.37 Å². The SMILES string of the molecule is CCCN(C(=O)c1cc(F)cc2[nH]cnc12)C1CCNC1.Cl.Cl.